The Hall–Kier alpha value is -4.10. The Balaban J connectivity index is 1.06. The Morgan fingerprint density at radius 2 is 1.46 bits per heavy atom. The van der Waals surface area contributed by atoms with E-state index in [-0.39, 0.29) is 42.1 Å². The molecule has 3 aliphatic rings. The van der Waals surface area contributed by atoms with Gasteiger partial charge in [0.25, 0.3) is 0 Å². The molecule has 10 nitrogen and oxygen atoms in total. The van der Waals surface area contributed by atoms with Gasteiger partial charge in [-0.15, -0.1) is 0 Å². The average molecular weight is 697 g/mol. The predicted octanol–water partition coefficient (Wildman–Crippen LogP) is 4.88. The molecule has 7 rings (SSSR count). The highest BCUT2D eigenvalue weighted by atomic mass is 32.2. The Bertz CT molecular complexity index is 1850. The molecule has 50 heavy (non-hydrogen) atoms. The minimum Gasteiger partial charge on any atom is -0.392 e. The van der Waals surface area contributed by atoms with Crippen LogP contribution in [0.25, 0.3) is 0 Å². The molecular weight excluding hydrogens is 653 g/mol. The second-order valence-electron chi connectivity index (χ2n) is 13.5. The van der Waals surface area contributed by atoms with Gasteiger partial charge in [0.2, 0.25) is 15.9 Å². The van der Waals surface area contributed by atoms with Crippen LogP contribution >= 0.6 is 0 Å². The lowest BCUT2D eigenvalue weighted by Gasteiger charge is -2.46. The molecule has 1 spiro atoms. The van der Waals surface area contributed by atoms with Crippen LogP contribution in [0.1, 0.15) is 54.4 Å². The molecule has 3 fully saturated rings. The van der Waals surface area contributed by atoms with Crippen LogP contribution in [0, 0.1) is 5.92 Å². The summed E-state index contributed by atoms with van der Waals surface area (Å²) in [5, 5.41) is 12.7. The van der Waals surface area contributed by atoms with Gasteiger partial charge in [-0.3, -0.25) is 4.79 Å². The summed E-state index contributed by atoms with van der Waals surface area (Å²) in [6.07, 6.45) is 0.380. The number of amides is 1. The van der Waals surface area contributed by atoms with Crippen molar-refractivity contribution < 1.29 is 27.8 Å². The van der Waals surface area contributed by atoms with Crippen molar-refractivity contribution in [3.63, 3.8) is 0 Å². The van der Waals surface area contributed by atoms with Gasteiger partial charge in [-0.1, -0.05) is 91.9 Å². The number of hydrogen-bond donors (Lipinski definition) is 3. The summed E-state index contributed by atoms with van der Waals surface area (Å²) < 4.78 is 41.5. The minimum atomic E-state index is -3.63. The number of piperidine rings is 1. The molecule has 11 heteroatoms. The SMILES string of the molecule is C[C@@H]1[C@H](CN2CCC3(CC2)C(=O)NCN3c2ccccc2)O[C@H](c2ccc(CNS(=O)(=O)c3ccccc3)cc2)O[C@@H]1c1ccc(CO)cc1. The lowest BCUT2D eigenvalue weighted by Crippen LogP contribution is -2.57. The third kappa shape index (κ3) is 7.07. The molecule has 0 unspecified atom stereocenters. The molecule has 0 saturated carbocycles. The number of benzene rings is 4. The number of nitrogens with zero attached hydrogens (tertiary/aromatic N) is 2. The normalized spacial score (nSPS) is 24.0. The minimum absolute atomic E-state index is 0.0179. The van der Waals surface area contributed by atoms with Crippen molar-refractivity contribution in [1.29, 1.82) is 0 Å². The Kier molecular flexibility index (Phi) is 10.1. The van der Waals surface area contributed by atoms with E-state index < -0.39 is 21.9 Å². The van der Waals surface area contributed by atoms with E-state index in [0.717, 1.165) is 53.9 Å². The molecule has 3 N–H and O–H groups in total. The summed E-state index contributed by atoms with van der Waals surface area (Å²) in [7, 11) is -3.63. The Morgan fingerprint density at radius 1 is 0.840 bits per heavy atom. The van der Waals surface area contributed by atoms with Crippen molar-refractivity contribution >= 4 is 21.6 Å². The average Bonchev–Trinajstić information content (AvgIpc) is 3.47. The van der Waals surface area contributed by atoms with Gasteiger partial charge in [0.15, 0.2) is 6.29 Å². The summed E-state index contributed by atoms with van der Waals surface area (Å²) in [5.74, 6) is 0.115. The maximum absolute atomic E-state index is 13.2. The molecule has 0 aromatic heterocycles. The lowest BCUT2D eigenvalue weighted by molar-refractivity contribution is -0.276. The first-order valence-corrected chi connectivity index (χ1v) is 18.7. The van der Waals surface area contributed by atoms with Crippen molar-refractivity contribution in [2.75, 3.05) is 31.2 Å². The molecule has 4 aromatic carbocycles. The first-order chi connectivity index (χ1) is 24.3. The summed E-state index contributed by atoms with van der Waals surface area (Å²) in [6.45, 7) is 5.00. The van der Waals surface area contributed by atoms with E-state index in [4.69, 9.17) is 9.47 Å². The van der Waals surface area contributed by atoms with Gasteiger partial charge in [0.05, 0.1) is 30.4 Å². The number of rotatable bonds is 10. The number of ether oxygens (including phenoxy) is 2. The van der Waals surface area contributed by atoms with E-state index >= 15 is 0 Å². The summed E-state index contributed by atoms with van der Waals surface area (Å²) in [6, 6.07) is 34.0. The second kappa shape index (κ2) is 14.6. The zero-order chi connectivity index (χ0) is 34.7. The van der Waals surface area contributed by atoms with Gasteiger partial charge in [-0.25, -0.2) is 13.1 Å². The maximum atomic E-state index is 13.2. The summed E-state index contributed by atoms with van der Waals surface area (Å²) in [4.78, 5) is 18.1. The van der Waals surface area contributed by atoms with Crippen LogP contribution in [0.3, 0.4) is 0 Å². The van der Waals surface area contributed by atoms with Gasteiger partial charge >= 0.3 is 0 Å². The van der Waals surface area contributed by atoms with E-state index in [0.29, 0.717) is 13.2 Å². The van der Waals surface area contributed by atoms with E-state index in [1.165, 1.54) is 0 Å². The van der Waals surface area contributed by atoms with Crippen LogP contribution < -0.4 is 14.9 Å². The number of carbonyl (C=O) groups is 1. The number of carbonyl (C=O) groups excluding carboxylic acids is 1. The van der Waals surface area contributed by atoms with Crippen molar-refractivity contribution in [1.82, 2.24) is 14.9 Å². The third-order valence-corrected chi connectivity index (χ3v) is 11.8. The Morgan fingerprint density at radius 3 is 2.12 bits per heavy atom. The topological polar surface area (TPSA) is 120 Å². The number of anilines is 1. The molecule has 0 aliphatic carbocycles. The first kappa shape index (κ1) is 34.4. The largest absolute Gasteiger partial charge is 0.392 e. The first-order valence-electron chi connectivity index (χ1n) is 17.2. The molecule has 1 amide bonds. The molecule has 262 valence electrons. The van der Waals surface area contributed by atoms with Crippen LogP contribution in [0.4, 0.5) is 5.69 Å². The van der Waals surface area contributed by atoms with Crippen molar-refractivity contribution in [3.8, 4) is 0 Å². The van der Waals surface area contributed by atoms with E-state index in [1.807, 2.05) is 66.7 Å². The van der Waals surface area contributed by atoms with Gasteiger partial charge in [-0.2, -0.15) is 0 Å². The van der Waals surface area contributed by atoms with Crippen molar-refractivity contribution in [3.05, 3.63) is 131 Å². The van der Waals surface area contributed by atoms with Crippen LogP contribution in [0.15, 0.2) is 114 Å². The number of likely N-dealkylation sites (tertiary alicyclic amines) is 1. The van der Waals surface area contributed by atoms with Crippen molar-refractivity contribution in [2.24, 2.45) is 5.92 Å². The molecule has 3 aliphatic heterocycles. The van der Waals surface area contributed by atoms with E-state index in [9.17, 15) is 18.3 Å². The fourth-order valence-corrected chi connectivity index (χ4v) is 8.41. The zero-order valence-corrected chi connectivity index (χ0v) is 29.0. The number of aliphatic hydroxyl groups is 1. The number of para-hydroxylation sites is 1. The molecular formula is C39H44N4O6S. The molecule has 4 atom stereocenters. The van der Waals surface area contributed by atoms with Crippen LogP contribution in [0.5, 0.6) is 0 Å². The molecule has 4 aromatic rings. The molecule has 3 heterocycles. The van der Waals surface area contributed by atoms with E-state index in [2.05, 4.69) is 38.9 Å². The zero-order valence-electron chi connectivity index (χ0n) is 28.1. The monoisotopic (exact) mass is 696 g/mol. The number of nitrogens with one attached hydrogen (secondary N) is 2. The van der Waals surface area contributed by atoms with Crippen molar-refractivity contribution in [2.45, 2.75) is 61.8 Å². The number of hydrogen-bond acceptors (Lipinski definition) is 8. The number of aliphatic hydroxyl groups excluding tert-OH is 1. The Labute approximate surface area is 294 Å². The standard InChI is InChI=1S/C39H44N4O6S/c1-28-35(25-42-22-20-39(21-23-42)38(45)40-27-43(39)33-8-4-2-5-9-33)48-37(49-36(28)31-16-14-30(26-44)15-17-31)32-18-12-29(13-19-32)24-41-50(46,47)34-10-6-3-7-11-34/h2-19,28,35-37,41,44H,20-27H2,1H3,(H,40,45)/t28-,35+,36+,37+/m1/s1. The molecule has 3 saturated heterocycles. The molecule has 0 radical (unpaired) electrons. The highest BCUT2D eigenvalue weighted by Crippen LogP contribution is 2.43. The third-order valence-electron chi connectivity index (χ3n) is 10.4. The van der Waals surface area contributed by atoms with Gasteiger partial charge in [-0.05, 0) is 53.8 Å². The summed E-state index contributed by atoms with van der Waals surface area (Å²) in [5.41, 5.74) is 4.00. The van der Waals surface area contributed by atoms with Gasteiger partial charge < -0.3 is 29.7 Å². The predicted molar refractivity (Wildman–Crippen MR) is 190 cm³/mol. The van der Waals surface area contributed by atoms with Crippen LogP contribution in [0.2, 0.25) is 0 Å². The van der Waals surface area contributed by atoms with Crippen LogP contribution in [-0.4, -0.2) is 62.3 Å². The fourth-order valence-electron chi connectivity index (χ4n) is 7.37. The lowest BCUT2D eigenvalue weighted by atomic mass is 9.84. The number of sulfonamides is 1. The second-order valence-corrected chi connectivity index (χ2v) is 15.2. The fraction of sp³-hybridized carbons (Fsp3) is 0.359. The highest BCUT2D eigenvalue weighted by molar-refractivity contribution is 7.89. The quantitative estimate of drug-likeness (QED) is 0.215. The van der Waals surface area contributed by atoms with Crippen LogP contribution in [-0.2, 0) is 37.4 Å². The van der Waals surface area contributed by atoms with Gasteiger partial charge in [0, 0.05) is 43.3 Å². The summed E-state index contributed by atoms with van der Waals surface area (Å²) >= 11 is 0. The van der Waals surface area contributed by atoms with Gasteiger partial charge in [0.1, 0.15) is 5.54 Å². The highest BCUT2D eigenvalue weighted by Gasteiger charge is 2.51. The smallest absolute Gasteiger partial charge is 0.247 e. The molecule has 0 bridgehead atoms. The van der Waals surface area contributed by atoms with E-state index in [1.54, 1.807) is 30.3 Å². The maximum Gasteiger partial charge on any atom is 0.247 e.